The van der Waals surface area contributed by atoms with Crippen LogP contribution < -0.4 is 0 Å². The fourth-order valence-corrected chi connectivity index (χ4v) is 0.642. The zero-order chi connectivity index (χ0) is 9.07. The molecule has 0 aliphatic carbocycles. The minimum atomic E-state index is 1.97. The molecule has 0 atom stereocenters. The molecule has 0 aliphatic rings. The Kier molecular flexibility index (Phi) is 11.3. The number of rotatable bonds is 0. The van der Waals surface area contributed by atoms with E-state index in [9.17, 15) is 0 Å². The van der Waals surface area contributed by atoms with Crippen LogP contribution in [0, 0.1) is 0 Å². The summed E-state index contributed by atoms with van der Waals surface area (Å²) in [7, 11) is 0. The topological polar surface area (TPSA) is 0 Å². The summed E-state index contributed by atoms with van der Waals surface area (Å²) < 4.78 is 0. The third-order valence-corrected chi connectivity index (χ3v) is 1.11. The van der Waals surface area contributed by atoms with Crippen LogP contribution in [0.4, 0.5) is 0 Å². The molecular formula is C10H10ITi-. The van der Waals surface area contributed by atoms with Crippen LogP contribution in [0.1, 0.15) is 0 Å². The van der Waals surface area contributed by atoms with Crippen molar-refractivity contribution in [2.75, 3.05) is 0 Å². The normalized spacial score (nSPS) is 7.00. The second-order valence-corrected chi connectivity index (χ2v) is 1.92. The Morgan fingerprint density at radius 2 is 0.917 bits per heavy atom. The van der Waals surface area contributed by atoms with Gasteiger partial charge in [-0.15, -0.1) is 0 Å². The van der Waals surface area contributed by atoms with Crippen molar-refractivity contribution in [2.24, 2.45) is 0 Å². The van der Waals surface area contributed by atoms with Crippen molar-refractivity contribution in [1.82, 2.24) is 0 Å². The average molecular weight is 305 g/mol. The molecule has 0 heterocycles. The monoisotopic (exact) mass is 305 g/mol. The summed E-state index contributed by atoms with van der Waals surface area (Å²) in [6.45, 7) is 0. The first-order chi connectivity index (χ1) is 6.00. The van der Waals surface area contributed by atoms with Gasteiger partial charge in [-0.05, 0) is 0 Å². The van der Waals surface area contributed by atoms with Gasteiger partial charge >= 0.3 is 35.9 Å². The summed E-state index contributed by atoms with van der Waals surface area (Å²) in [6.07, 6.45) is 0. The molecule has 0 radical (unpaired) electrons. The van der Waals surface area contributed by atoms with E-state index in [1.54, 1.807) is 0 Å². The average Bonchev–Trinajstić information content (AvgIpc) is 2.87. The van der Waals surface area contributed by atoms with Crippen molar-refractivity contribution in [2.45, 2.75) is 0 Å². The second-order valence-electron chi connectivity index (χ2n) is 1.92. The maximum absolute atomic E-state index is 2.15. The van der Waals surface area contributed by atoms with Crippen LogP contribution in [0.3, 0.4) is 0 Å². The number of halogens is 1. The van der Waals surface area contributed by atoms with Crippen molar-refractivity contribution in [3.05, 3.63) is 60.7 Å². The first-order valence-electron chi connectivity index (χ1n) is 3.52. The Morgan fingerprint density at radius 1 is 0.667 bits per heavy atom. The van der Waals surface area contributed by atoms with Gasteiger partial charge in [0.15, 0.2) is 0 Å². The van der Waals surface area contributed by atoms with Crippen LogP contribution in [-0.4, -0.2) is 0 Å². The van der Waals surface area contributed by atoms with Crippen molar-refractivity contribution in [3.8, 4) is 0 Å². The van der Waals surface area contributed by atoms with E-state index in [1.807, 2.05) is 77.4 Å². The van der Waals surface area contributed by atoms with E-state index in [2.05, 4.69) is 19.2 Å². The molecule has 0 spiro atoms. The Bertz CT molecular complexity index is 149. The molecule has 2 rings (SSSR count). The standard InChI is InChI=1S/2C5H5.HI.Ti/c2*1-2-4-5-3-1;;/h2*1-5H;1H;/q2*-1;;+2/p-1. The van der Waals surface area contributed by atoms with Gasteiger partial charge in [-0.3, -0.25) is 0 Å². The minimum Gasteiger partial charge on any atom is -0.214 e. The molecule has 2 aromatic carbocycles. The molecule has 0 N–H and O–H groups in total. The van der Waals surface area contributed by atoms with E-state index in [-0.39, 0.29) is 0 Å². The van der Waals surface area contributed by atoms with E-state index >= 15 is 0 Å². The Morgan fingerprint density at radius 3 is 1.00 bits per heavy atom. The quantitative estimate of drug-likeness (QED) is 0.395. The van der Waals surface area contributed by atoms with Crippen molar-refractivity contribution in [3.63, 3.8) is 0 Å². The predicted octanol–water partition coefficient (Wildman–Crippen LogP) is 3.69. The summed E-state index contributed by atoms with van der Waals surface area (Å²) in [4.78, 5) is 0. The fourth-order valence-electron chi connectivity index (χ4n) is 0.642. The second kappa shape index (κ2) is 11.1. The SMILES string of the molecule is [Ti+][I].c1cc[cH-]c1.c1cc[cH-]c1. The first kappa shape index (κ1) is 12.1. The fraction of sp³-hybridized carbons (Fsp3) is 0. The first-order valence-corrected chi connectivity index (χ1v) is 8.56. The van der Waals surface area contributed by atoms with E-state index in [1.165, 1.54) is 0 Å². The zero-order valence-electron chi connectivity index (χ0n) is 6.65. The molecule has 0 unspecified atom stereocenters. The van der Waals surface area contributed by atoms with Crippen LogP contribution in [0.5, 0.6) is 0 Å². The number of hydrogen-bond acceptors (Lipinski definition) is 0. The smallest absolute Gasteiger partial charge is 0.172 e. The van der Waals surface area contributed by atoms with Crippen molar-refractivity contribution < 1.29 is 16.7 Å². The molecule has 0 amide bonds. The Hall–Kier alpha value is 0.144. The van der Waals surface area contributed by atoms with Gasteiger partial charge < -0.3 is 0 Å². The van der Waals surface area contributed by atoms with Crippen LogP contribution in [0.15, 0.2) is 60.7 Å². The maximum Gasteiger partial charge on any atom is -0.172 e. The molecule has 0 nitrogen and oxygen atoms in total. The van der Waals surface area contributed by atoms with Gasteiger partial charge in [-0.1, -0.05) is 0 Å². The van der Waals surface area contributed by atoms with Gasteiger partial charge in [-0.25, -0.2) is 24.3 Å². The summed E-state index contributed by atoms with van der Waals surface area (Å²) in [5, 5.41) is 0. The molecule has 0 aliphatic heterocycles. The molecule has 62 valence electrons. The largest absolute Gasteiger partial charge is 0.214 e. The van der Waals surface area contributed by atoms with Gasteiger partial charge in [0, 0.05) is 0 Å². The third-order valence-electron chi connectivity index (χ3n) is 1.11. The van der Waals surface area contributed by atoms with Crippen LogP contribution >= 0.6 is 19.2 Å². The zero-order valence-corrected chi connectivity index (χ0v) is 10.4. The van der Waals surface area contributed by atoms with Crippen LogP contribution in [-0.2, 0) is 16.7 Å². The van der Waals surface area contributed by atoms with Gasteiger partial charge in [0.2, 0.25) is 0 Å². The molecule has 0 saturated carbocycles. The van der Waals surface area contributed by atoms with E-state index in [4.69, 9.17) is 0 Å². The molecule has 0 saturated heterocycles. The molecule has 0 bridgehead atoms. The van der Waals surface area contributed by atoms with E-state index in [0.29, 0.717) is 0 Å². The molecule has 12 heavy (non-hydrogen) atoms. The Labute approximate surface area is 95.8 Å². The predicted molar refractivity (Wildman–Crippen MR) is 58.1 cm³/mol. The van der Waals surface area contributed by atoms with Crippen LogP contribution in [0.2, 0.25) is 0 Å². The van der Waals surface area contributed by atoms with Gasteiger partial charge in [-0.2, -0.15) is 36.4 Å². The third kappa shape index (κ3) is 8.24. The summed E-state index contributed by atoms with van der Waals surface area (Å²) in [5.74, 6) is 0. The van der Waals surface area contributed by atoms with Crippen molar-refractivity contribution >= 4 is 19.2 Å². The summed E-state index contributed by atoms with van der Waals surface area (Å²) >= 11 is 4.12. The number of hydrogen-bond donors (Lipinski definition) is 0. The van der Waals surface area contributed by atoms with Gasteiger partial charge in [0.05, 0.1) is 0 Å². The van der Waals surface area contributed by atoms with Crippen LogP contribution in [0.25, 0.3) is 0 Å². The summed E-state index contributed by atoms with van der Waals surface area (Å²) in [6, 6.07) is 20.0. The molecule has 2 aromatic rings. The maximum atomic E-state index is 2.15. The van der Waals surface area contributed by atoms with Gasteiger partial charge in [0.25, 0.3) is 0 Å². The molecular weight excluding hydrogens is 295 g/mol. The van der Waals surface area contributed by atoms with Crippen molar-refractivity contribution in [1.29, 1.82) is 0 Å². The minimum absolute atomic E-state index is 1.97. The molecule has 2 heteroatoms. The molecule has 0 aromatic heterocycles. The Balaban J connectivity index is 0.000000168. The van der Waals surface area contributed by atoms with E-state index < -0.39 is 0 Å². The summed E-state index contributed by atoms with van der Waals surface area (Å²) in [5.41, 5.74) is 0. The molecule has 0 fully saturated rings. The van der Waals surface area contributed by atoms with Gasteiger partial charge in [0.1, 0.15) is 0 Å². The van der Waals surface area contributed by atoms with E-state index in [0.717, 1.165) is 0 Å².